The fourth-order valence-electron chi connectivity index (χ4n) is 3.98. The maximum Gasteiger partial charge on any atom is 0.00925 e. The van der Waals surface area contributed by atoms with Crippen molar-refractivity contribution >= 4 is 0 Å². The SMILES string of the molecule is CCC1CCC(N(C)CC2CCCCC2N)CC1. The van der Waals surface area contributed by atoms with Crippen LogP contribution in [-0.4, -0.2) is 30.6 Å². The lowest BCUT2D eigenvalue weighted by Gasteiger charge is -2.38. The zero-order chi connectivity index (χ0) is 13.0. The van der Waals surface area contributed by atoms with Crippen molar-refractivity contribution in [3.05, 3.63) is 0 Å². The molecule has 18 heavy (non-hydrogen) atoms. The molecule has 2 saturated carbocycles. The Morgan fingerprint density at radius 3 is 2.28 bits per heavy atom. The van der Waals surface area contributed by atoms with Crippen molar-refractivity contribution in [1.29, 1.82) is 0 Å². The molecular formula is C16H32N2. The second-order valence-electron chi connectivity index (χ2n) is 6.73. The molecule has 0 aromatic carbocycles. The maximum absolute atomic E-state index is 6.27. The predicted molar refractivity (Wildman–Crippen MR) is 78.6 cm³/mol. The Labute approximate surface area is 113 Å². The second-order valence-corrected chi connectivity index (χ2v) is 6.73. The molecule has 0 spiro atoms. The molecule has 0 heterocycles. The van der Waals surface area contributed by atoms with Crippen LogP contribution in [0.2, 0.25) is 0 Å². The van der Waals surface area contributed by atoms with E-state index in [2.05, 4.69) is 18.9 Å². The van der Waals surface area contributed by atoms with E-state index in [4.69, 9.17) is 5.73 Å². The molecule has 0 radical (unpaired) electrons. The van der Waals surface area contributed by atoms with Gasteiger partial charge in [0.1, 0.15) is 0 Å². The summed E-state index contributed by atoms with van der Waals surface area (Å²) in [6.45, 7) is 3.58. The van der Waals surface area contributed by atoms with E-state index in [0.29, 0.717) is 6.04 Å². The predicted octanol–water partition coefficient (Wildman–Crippen LogP) is 3.40. The summed E-state index contributed by atoms with van der Waals surface area (Å²) in [5.41, 5.74) is 6.27. The first-order chi connectivity index (χ1) is 8.70. The highest BCUT2D eigenvalue weighted by Gasteiger charge is 2.27. The monoisotopic (exact) mass is 252 g/mol. The molecule has 0 amide bonds. The highest BCUT2D eigenvalue weighted by Crippen LogP contribution is 2.30. The Bertz CT molecular complexity index is 233. The third kappa shape index (κ3) is 3.71. The van der Waals surface area contributed by atoms with Gasteiger partial charge in [-0.2, -0.15) is 0 Å². The van der Waals surface area contributed by atoms with Gasteiger partial charge >= 0.3 is 0 Å². The number of rotatable bonds is 4. The van der Waals surface area contributed by atoms with Crippen LogP contribution in [0.3, 0.4) is 0 Å². The standard InChI is InChI=1S/C16H32N2/c1-3-13-8-10-15(11-9-13)18(2)12-14-6-4-5-7-16(14)17/h13-16H,3-12,17H2,1-2H3. The van der Waals surface area contributed by atoms with Gasteiger partial charge in [-0.05, 0) is 57.4 Å². The summed E-state index contributed by atoms with van der Waals surface area (Å²) < 4.78 is 0. The molecule has 106 valence electrons. The summed E-state index contributed by atoms with van der Waals surface area (Å²) in [5, 5.41) is 0. The third-order valence-corrected chi connectivity index (χ3v) is 5.51. The minimum atomic E-state index is 0.466. The van der Waals surface area contributed by atoms with Gasteiger partial charge < -0.3 is 10.6 Å². The van der Waals surface area contributed by atoms with Crippen LogP contribution in [-0.2, 0) is 0 Å². The molecule has 2 unspecified atom stereocenters. The molecule has 2 aliphatic rings. The van der Waals surface area contributed by atoms with Gasteiger partial charge in [-0.15, -0.1) is 0 Å². The smallest absolute Gasteiger partial charge is 0.00925 e. The quantitative estimate of drug-likeness (QED) is 0.831. The summed E-state index contributed by atoms with van der Waals surface area (Å²) in [5.74, 6) is 1.76. The van der Waals surface area contributed by atoms with Gasteiger partial charge in [-0.3, -0.25) is 0 Å². The van der Waals surface area contributed by atoms with Crippen LogP contribution in [0.25, 0.3) is 0 Å². The number of nitrogens with zero attached hydrogens (tertiary/aromatic N) is 1. The van der Waals surface area contributed by atoms with Crippen molar-refractivity contribution in [2.24, 2.45) is 17.6 Å². The van der Waals surface area contributed by atoms with Crippen molar-refractivity contribution in [3.63, 3.8) is 0 Å². The van der Waals surface area contributed by atoms with Gasteiger partial charge in [0.25, 0.3) is 0 Å². The first-order valence-corrected chi connectivity index (χ1v) is 8.16. The molecule has 2 atom stereocenters. The molecular weight excluding hydrogens is 220 g/mol. The van der Waals surface area contributed by atoms with Gasteiger partial charge in [0, 0.05) is 18.6 Å². The van der Waals surface area contributed by atoms with Crippen molar-refractivity contribution in [1.82, 2.24) is 4.90 Å². The topological polar surface area (TPSA) is 29.3 Å². The van der Waals surface area contributed by atoms with Gasteiger partial charge in [0.15, 0.2) is 0 Å². The number of nitrogens with two attached hydrogens (primary N) is 1. The van der Waals surface area contributed by atoms with Crippen LogP contribution in [0.5, 0.6) is 0 Å². The van der Waals surface area contributed by atoms with Gasteiger partial charge in [0.05, 0.1) is 0 Å². The maximum atomic E-state index is 6.27. The van der Waals surface area contributed by atoms with E-state index in [9.17, 15) is 0 Å². The van der Waals surface area contributed by atoms with Crippen LogP contribution < -0.4 is 5.73 Å². The van der Waals surface area contributed by atoms with Crippen molar-refractivity contribution in [2.75, 3.05) is 13.6 Å². The summed E-state index contributed by atoms with van der Waals surface area (Å²) in [6, 6.07) is 1.30. The highest BCUT2D eigenvalue weighted by atomic mass is 15.1. The van der Waals surface area contributed by atoms with Crippen LogP contribution in [0.1, 0.15) is 64.7 Å². The summed E-state index contributed by atoms with van der Waals surface area (Å²) in [7, 11) is 2.33. The van der Waals surface area contributed by atoms with E-state index in [-0.39, 0.29) is 0 Å². The molecule has 2 N–H and O–H groups in total. The molecule has 0 aliphatic heterocycles. The number of hydrogen-bond donors (Lipinski definition) is 1. The first kappa shape index (κ1) is 14.3. The van der Waals surface area contributed by atoms with E-state index in [1.165, 1.54) is 64.3 Å². The highest BCUT2D eigenvalue weighted by molar-refractivity contribution is 4.83. The van der Waals surface area contributed by atoms with Crippen molar-refractivity contribution < 1.29 is 0 Å². The van der Waals surface area contributed by atoms with Gasteiger partial charge in [-0.25, -0.2) is 0 Å². The fraction of sp³-hybridized carbons (Fsp3) is 1.00. The molecule has 2 nitrogen and oxygen atoms in total. The van der Waals surface area contributed by atoms with Gasteiger partial charge in [0.2, 0.25) is 0 Å². The summed E-state index contributed by atoms with van der Waals surface area (Å²) in [4.78, 5) is 2.63. The van der Waals surface area contributed by atoms with Gasteiger partial charge in [-0.1, -0.05) is 26.2 Å². The van der Waals surface area contributed by atoms with E-state index in [1.54, 1.807) is 0 Å². The van der Waals surface area contributed by atoms with E-state index in [0.717, 1.165) is 17.9 Å². The van der Waals surface area contributed by atoms with Crippen LogP contribution in [0.4, 0.5) is 0 Å². The first-order valence-electron chi connectivity index (χ1n) is 8.16. The largest absolute Gasteiger partial charge is 0.327 e. The zero-order valence-electron chi connectivity index (χ0n) is 12.4. The Morgan fingerprint density at radius 1 is 1.00 bits per heavy atom. The Morgan fingerprint density at radius 2 is 1.67 bits per heavy atom. The van der Waals surface area contributed by atoms with Crippen LogP contribution >= 0.6 is 0 Å². The van der Waals surface area contributed by atoms with Crippen molar-refractivity contribution in [3.8, 4) is 0 Å². The summed E-state index contributed by atoms with van der Waals surface area (Å²) in [6.07, 6.45) is 12.5. The Balaban J connectivity index is 1.75. The van der Waals surface area contributed by atoms with E-state index < -0.39 is 0 Å². The third-order valence-electron chi connectivity index (χ3n) is 5.51. The number of hydrogen-bond acceptors (Lipinski definition) is 2. The molecule has 0 saturated heterocycles. The average Bonchev–Trinajstić information content (AvgIpc) is 2.41. The van der Waals surface area contributed by atoms with E-state index >= 15 is 0 Å². The molecule has 2 aliphatic carbocycles. The van der Waals surface area contributed by atoms with E-state index in [1.807, 2.05) is 0 Å². The Kier molecular flexibility index (Phi) is 5.50. The van der Waals surface area contributed by atoms with Crippen molar-refractivity contribution in [2.45, 2.75) is 76.8 Å². The Hall–Kier alpha value is -0.0800. The van der Waals surface area contributed by atoms with Crippen LogP contribution in [0.15, 0.2) is 0 Å². The lowest BCUT2D eigenvalue weighted by Crippen LogP contribution is -2.44. The normalized spacial score (nSPS) is 38.0. The summed E-state index contributed by atoms with van der Waals surface area (Å²) >= 11 is 0. The molecule has 2 rings (SSSR count). The second kappa shape index (κ2) is 6.91. The molecule has 0 aromatic heterocycles. The average molecular weight is 252 g/mol. The fourth-order valence-corrected chi connectivity index (χ4v) is 3.98. The minimum Gasteiger partial charge on any atom is -0.327 e. The molecule has 2 fully saturated rings. The molecule has 2 heteroatoms. The lowest BCUT2D eigenvalue weighted by atomic mass is 9.82. The zero-order valence-corrected chi connectivity index (χ0v) is 12.4. The lowest BCUT2D eigenvalue weighted by molar-refractivity contribution is 0.125. The van der Waals surface area contributed by atoms with Crippen LogP contribution in [0, 0.1) is 11.8 Å². The minimum absolute atomic E-state index is 0.466. The molecule has 0 aromatic rings. The molecule has 0 bridgehead atoms.